The van der Waals surface area contributed by atoms with E-state index in [-0.39, 0.29) is 12.4 Å². The van der Waals surface area contributed by atoms with Crippen LogP contribution in [0.2, 0.25) is 0 Å². The van der Waals surface area contributed by atoms with E-state index < -0.39 is 10.0 Å². The van der Waals surface area contributed by atoms with E-state index in [0.29, 0.717) is 18.0 Å². The summed E-state index contributed by atoms with van der Waals surface area (Å²) in [7, 11) is -1.55. The Kier molecular flexibility index (Phi) is 5.59. The molecule has 0 amide bonds. The number of nitrogens with one attached hydrogen (secondary N) is 2. The Morgan fingerprint density at radius 1 is 1.17 bits per heavy atom. The molecule has 0 saturated carbocycles. The van der Waals surface area contributed by atoms with E-state index in [4.69, 9.17) is 0 Å². The molecular weight excluding hydrogens is 272 g/mol. The predicted molar refractivity (Wildman–Crippen MR) is 74.8 cm³/mol. The second-order valence-electron chi connectivity index (χ2n) is 4.29. The smallest absolute Gasteiger partial charge is 0.240 e. The fourth-order valence-corrected chi connectivity index (χ4v) is 3.19. The Bertz CT molecular complexity index is 503. The molecule has 0 bridgehead atoms. The summed E-state index contributed by atoms with van der Waals surface area (Å²) in [5.74, 6) is 0. The van der Waals surface area contributed by atoms with Crippen molar-refractivity contribution in [3.8, 4) is 0 Å². The van der Waals surface area contributed by atoms with E-state index in [1.807, 2.05) is 12.1 Å². The maximum absolute atomic E-state index is 12.0. The van der Waals surface area contributed by atoms with Crippen LogP contribution in [-0.4, -0.2) is 28.6 Å². The van der Waals surface area contributed by atoms with Crippen LogP contribution in [0.1, 0.15) is 17.5 Å². The molecule has 0 radical (unpaired) electrons. The number of likely N-dealkylation sites (N-methyl/N-ethyl adjacent to an activating group) is 1. The first-order chi connectivity index (χ1) is 8.13. The number of fused-ring (bicyclic) bond motifs is 1. The van der Waals surface area contributed by atoms with Gasteiger partial charge in [-0.3, -0.25) is 0 Å². The van der Waals surface area contributed by atoms with Gasteiger partial charge in [-0.05, 0) is 49.6 Å². The zero-order chi connectivity index (χ0) is 12.3. The molecule has 2 N–H and O–H groups in total. The van der Waals surface area contributed by atoms with Crippen LogP contribution >= 0.6 is 12.4 Å². The van der Waals surface area contributed by atoms with Crippen LogP contribution in [0, 0.1) is 0 Å². The number of rotatable bonds is 5. The third-order valence-electron chi connectivity index (χ3n) is 3.05. The molecule has 6 heteroatoms. The van der Waals surface area contributed by atoms with E-state index in [0.717, 1.165) is 19.3 Å². The molecule has 0 spiro atoms. The van der Waals surface area contributed by atoms with E-state index in [1.165, 1.54) is 11.1 Å². The normalized spacial score (nSPS) is 14.1. The predicted octanol–water partition coefficient (Wildman–Crippen LogP) is 1.09. The summed E-state index contributed by atoms with van der Waals surface area (Å²) in [5, 5.41) is 2.91. The minimum Gasteiger partial charge on any atom is -0.318 e. The number of hydrogen-bond acceptors (Lipinski definition) is 3. The summed E-state index contributed by atoms with van der Waals surface area (Å²) in [4.78, 5) is 0.384. The summed E-state index contributed by atoms with van der Waals surface area (Å²) >= 11 is 0. The first kappa shape index (κ1) is 15.4. The summed E-state index contributed by atoms with van der Waals surface area (Å²) in [6.07, 6.45) is 3.20. The van der Waals surface area contributed by atoms with Crippen molar-refractivity contribution >= 4 is 22.4 Å². The highest BCUT2D eigenvalue weighted by molar-refractivity contribution is 7.89. The molecule has 2 rings (SSSR count). The van der Waals surface area contributed by atoms with Gasteiger partial charge in [-0.25, -0.2) is 13.1 Å². The molecule has 102 valence electrons. The molecule has 1 aromatic carbocycles. The topological polar surface area (TPSA) is 58.2 Å². The van der Waals surface area contributed by atoms with Gasteiger partial charge < -0.3 is 5.32 Å². The summed E-state index contributed by atoms with van der Waals surface area (Å²) in [6.45, 7) is 1.04. The van der Waals surface area contributed by atoms with Crippen molar-refractivity contribution < 1.29 is 8.42 Å². The molecule has 0 aromatic heterocycles. The molecule has 4 nitrogen and oxygen atoms in total. The van der Waals surface area contributed by atoms with Crippen molar-refractivity contribution in [2.45, 2.75) is 24.2 Å². The average molecular weight is 291 g/mol. The lowest BCUT2D eigenvalue weighted by atomic mass is 10.1. The number of benzene rings is 1. The van der Waals surface area contributed by atoms with Gasteiger partial charge in [0.25, 0.3) is 0 Å². The number of halogens is 1. The number of sulfonamides is 1. The van der Waals surface area contributed by atoms with Gasteiger partial charge in [-0.1, -0.05) is 6.07 Å². The van der Waals surface area contributed by atoms with Gasteiger partial charge >= 0.3 is 0 Å². The Labute approximate surface area is 115 Å². The maximum atomic E-state index is 12.0. The largest absolute Gasteiger partial charge is 0.318 e. The molecule has 0 saturated heterocycles. The van der Waals surface area contributed by atoms with Crippen molar-refractivity contribution in [2.75, 3.05) is 20.1 Å². The Morgan fingerprint density at radius 3 is 2.61 bits per heavy atom. The third kappa shape index (κ3) is 3.45. The molecule has 0 heterocycles. The first-order valence-corrected chi connectivity index (χ1v) is 7.38. The van der Waals surface area contributed by atoms with E-state index in [9.17, 15) is 8.42 Å². The minimum absolute atomic E-state index is 0. The highest BCUT2D eigenvalue weighted by Crippen LogP contribution is 2.24. The van der Waals surface area contributed by atoms with Gasteiger partial charge in [0.05, 0.1) is 4.90 Å². The van der Waals surface area contributed by atoms with Crippen molar-refractivity contribution in [1.82, 2.24) is 10.0 Å². The summed E-state index contributed by atoms with van der Waals surface area (Å²) in [5.41, 5.74) is 2.47. The molecule has 0 unspecified atom stereocenters. The molecule has 0 fully saturated rings. The van der Waals surface area contributed by atoms with Crippen LogP contribution in [0.5, 0.6) is 0 Å². The lowest BCUT2D eigenvalue weighted by molar-refractivity contribution is 0.579. The van der Waals surface area contributed by atoms with E-state index >= 15 is 0 Å². The van der Waals surface area contributed by atoms with Gasteiger partial charge in [-0.2, -0.15) is 0 Å². The Balaban J connectivity index is 0.00000162. The summed E-state index contributed by atoms with van der Waals surface area (Å²) < 4.78 is 26.5. The average Bonchev–Trinajstić information content (AvgIpc) is 2.76. The fourth-order valence-electron chi connectivity index (χ4n) is 2.11. The highest BCUT2D eigenvalue weighted by Gasteiger charge is 2.17. The van der Waals surface area contributed by atoms with Gasteiger partial charge in [0.1, 0.15) is 0 Å². The molecule has 1 aromatic rings. The second kappa shape index (κ2) is 6.52. The van der Waals surface area contributed by atoms with Crippen LogP contribution in [0.15, 0.2) is 23.1 Å². The fraction of sp³-hybridized carbons (Fsp3) is 0.500. The minimum atomic E-state index is -3.34. The molecule has 18 heavy (non-hydrogen) atoms. The molecule has 0 atom stereocenters. The van der Waals surface area contributed by atoms with Crippen LogP contribution in [-0.2, 0) is 22.9 Å². The van der Waals surface area contributed by atoms with Gasteiger partial charge in [0, 0.05) is 13.1 Å². The van der Waals surface area contributed by atoms with Crippen LogP contribution in [0.4, 0.5) is 0 Å². The van der Waals surface area contributed by atoms with Crippen LogP contribution in [0.3, 0.4) is 0 Å². The molecule has 1 aliphatic carbocycles. The first-order valence-electron chi connectivity index (χ1n) is 5.89. The lowest BCUT2D eigenvalue weighted by Crippen LogP contribution is -2.30. The molecule has 1 aliphatic rings. The quantitative estimate of drug-likeness (QED) is 0.798. The van der Waals surface area contributed by atoms with Gasteiger partial charge in [-0.15, -0.1) is 12.4 Å². The zero-order valence-corrected chi connectivity index (χ0v) is 12.0. The summed E-state index contributed by atoms with van der Waals surface area (Å²) in [6, 6.07) is 5.45. The standard InChI is InChI=1S/C12H18N2O2S.ClH/c1-13-7-8-14-17(15,16)12-6-5-10-3-2-4-11(10)9-12;/h5-6,9,13-14H,2-4,7-8H2,1H3;1H. The third-order valence-corrected chi connectivity index (χ3v) is 4.51. The van der Waals surface area contributed by atoms with E-state index in [1.54, 1.807) is 13.1 Å². The zero-order valence-electron chi connectivity index (χ0n) is 10.4. The van der Waals surface area contributed by atoms with Crippen molar-refractivity contribution in [2.24, 2.45) is 0 Å². The number of hydrogen-bond donors (Lipinski definition) is 2. The van der Waals surface area contributed by atoms with Gasteiger partial charge in [0.15, 0.2) is 0 Å². The van der Waals surface area contributed by atoms with E-state index in [2.05, 4.69) is 10.0 Å². The Hall–Kier alpha value is -0.620. The van der Waals surface area contributed by atoms with Crippen molar-refractivity contribution in [1.29, 1.82) is 0 Å². The van der Waals surface area contributed by atoms with Crippen LogP contribution in [0.25, 0.3) is 0 Å². The van der Waals surface area contributed by atoms with Crippen molar-refractivity contribution in [3.05, 3.63) is 29.3 Å². The molecule has 0 aliphatic heterocycles. The SMILES string of the molecule is CNCCNS(=O)(=O)c1ccc2c(c1)CCC2.Cl. The Morgan fingerprint density at radius 2 is 1.89 bits per heavy atom. The maximum Gasteiger partial charge on any atom is 0.240 e. The lowest BCUT2D eigenvalue weighted by Gasteiger charge is -2.08. The number of aryl methyl sites for hydroxylation is 2. The van der Waals surface area contributed by atoms with Crippen LogP contribution < -0.4 is 10.0 Å². The second-order valence-corrected chi connectivity index (χ2v) is 6.05. The highest BCUT2D eigenvalue weighted by atomic mass is 35.5. The van der Waals surface area contributed by atoms with Gasteiger partial charge in [0.2, 0.25) is 10.0 Å². The molecular formula is C12H19ClN2O2S. The monoisotopic (exact) mass is 290 g/mol. The van der Waals surface area contributed by atoms with Crippen molar-refractivity contribution in [3.63, 3.8) is 0 Å².